The zero-order chi connectivity index (χ0) is 11.6. The third-order valence-corrected chi connectivity index (χ3v) is 2.66. The normalized spacial score (nSPS) is 11.5. The monoisotopic (exact) mass is 210 g/mol. The van der Waals surface area contributed by atoms with Gasteiger partial charge in [-0.2, -0.15) is 0 Å². The SMILES string of the molecule is Cc1ncn(CC(C)(C)C(=O)NN)c1C. The zero-order valence-electron chi connectivity index (χ0n) is 9.66. The van der Waals surface area contributed by atoms with Crippen LogP contribution in [-0.4, -0.2) is 15.5 Å². The fourth-order valence-corrected chi connectivity index (χ4v) is 1.40. The second-order valence-corrected chi connectivity index (χ2v) is 4.40. The highest BCUT2D eigenvalue weighted by Crippen LogP contribution is 2.19. The number of carbonyl (C=O) groups is 1. The fourth-order valence-electron chi connectivity index (χ4n) is 1.40. The minimum Gasteiger partial charge on any atom is -0.334 e. The first-order valence-electron chi connectivity index (χ1n) is 4.88. The summed E-state index contributed by atoms with van der Waals surface area (Å²) >= 11 is 0. The maximum absolute atomic E-state index is 11.5. The van der Waals surface area contributed by atoms with Gasteiger partial charge >= 0.3 is 0 Å². The molecule has 1 heterocycles. The number of nitrogens with one attached hydrogen (secondary N) is 1. The molecule has 1 aromatic rings. The van der Waals surface area contributed by atoms with E-state index in [4.69, 9.17) is 5.84 Å². The van der Waals surface area contributed by atoms with Gasteiger partial charge in [-0.05, 0) is 27.7 Å². The molecule has 3 N–H and O–H groups in total. The number of hydrazine groups is 1. The quantitative estimate of drug-likeness (QED) is 0.434. The first kappa shape index (κ1) is 11.7. The van der Waals surface area contributed by atoms with Gasteiger partial charge in [-0.1, -0.05) is 0 Å². The molecule has 0 saturated carbocycles. The van der Waals surface area contributed by atoms with Crippen LogP contribution in [-0.2, 0) is 11.3 Å². The van der Waals surface area contributed by atoms with Crippen molar-refractivity contribution in [2.75, 3.05) is 0 Å². The van der Waals surface area contributed by atoms with Crippen molar-refractivity contribution in [3.05, 3.63) is 17.7 Å². The molecular formula is C10H18N4O. The Morgan fingerprint density at radius 3 is 2.60 bits per heavy atom. The van der Waals surface area contributed by atoms with Crippen molar-refractivity contribution in [3.8, 4) is 0 Å². The smallest absolute Gasteiger partial charge is 0.241 e. The molecule has 1 rings (SSSR count). The molecule has 0 aliphatic rings. The molecule has 84 valence electrons. The lowest BCUT2D eigenvalue weighted by Crippen LogP contribution is -2.43. The van der Waals surface area contributed by atoms with Gasteiger partial charge in [-0.15, -0.1) is 0 Å². The number of aryl methyl sites for hydroxylation is 1. The minimum absolute atomic E-state index is 0.173. The molecule has 5 nitrogen and oxygen atoms in total. The molecule has 5 heteroatoms. The molecular weight excluding hydrogens is 192 g/mol. The Bertz CT molecular complexity index is 367. The van der Waals surface area contributed by atoms with E-state index in [0.717, 1.165) is 11.4 Å². The van der Waals surface area contributed by atoms with E-state index in [1.807, 2.05) is 32.3 Å². The summed E-state index contributed by atoms with van der Waals surface area (Å²) in [6, 6.07) is 0. The molecule has 0 aromatic carbocycles. The summed E-state index contributed by atoms with van der Waals surface area (Å²) in [5.41, 5.74) is 3.71. The van der Waals surface area contributed by atoms with Crippen molar-refractivity contribution in [2.45, 2.75) is 34.2 Å². The first-order chi connectivity index (χ1) is 6.88. The van der Waals surface area contributed by atoms with Gasteiger partial charge in [0, 0.05) is 12.2 Å². The molecule has 1 amide bonds. The van der Waals surface area contributed by atoms with Gasteiger partial charge in [0.2, 0.25) is 5.91 Å². The summed E-state index contributed by atoms with van der Waals surface area (Å²) in [5, 5.41) is 0. The van der Waals surface area contributed by atoms with Gasteiger partial charge in [0.25, 0.3) is 0 Å². The molecule has 15 heavy (non-hydrogen) atoms. The third-order valence-electron chi connectivity index (χ3n) is 2.66. The molecule has 0 aliphatic heterocycles. The second kappa shape index (κ2) is 4.02. The predicted molar refractivity (Wildman–Crippen MR) is 57.8 cm³/mol. The molecule has 0 fully saturated rings. The highest BCUT2D eigenvalue weighted by Gasteiger charge is 2.28. The van der Waals surface area contributed by atoms with Crippen LogP contribution < -0.4 is 11.3 Å². The van der Waals surface area contributed by atoms with Crippen molar-refractivity contribution in [1.82, 2.24) is 15.0 Å². The average Bonchev–Trinajstić information content (AvgIpc) is 2.48. The van der Waals surface area contributed by atoms with Crippen LogP contribution in [0.25, 0.3) is 0 Å². The third kappa shape index (κ3) is 2.36. The second-order valence-electron chi connectivity index (χ2n) is 4.40. The predicted octanol–water partition coefficient (Wildman–Crippen LogP) is 0.516. The molecule has 1 aromatic heterocycles. The number of hydrogen-bond donors (Lipinski definition) is 2. The topological polar surface area (TPSA) is 72.9 Å². The Morgan fingerprint density at radius 2 is 2.20 bits per heavy atom. The average molecular weight is 210 g/mol. The fraction of sp³-hybridized carbons (Fsp3) is 0.600. The molecule has 0 unspecified atom stereocenters. The number of nitrogens with two attached hydrogens (primary N) is 1. The van der Waals surface area contributed by atoms with E-state index in [2.05, 4.69) is 10.4 Å². The lowest BCUT2D eigenvalue weighted by Gasteiger charge is -2.23. The molecule has 0 saturated heterocycles. The maximum Gasteiger partial charge on any atom is 0.241 e. The van der Waals surface area contributed by atoms with Crippen LogP contribution in [0, 0.1) is 19.3 Å². The summed E-state index contributed by atoms with van der Waals surface area (Å²) < 4.78 is 1.96. The van der Waals surface area contributed by atoms with Crippen molar-refractivity contribution < 1.29 is 4.79 Å². The number of amides is 1. The summed E-state index contributed by atoms with van der Waals surface area (Å²) in [7, 11) is 0. The Morgan fingerprint density at radius 1 is 1.60 bits per heavy atom. The summed E-state index contributed by atoms with van der Waals surface area (Å²) in [5.74, 6) is 4.96. The van der Waals surface area contributed by atoms with Gasteiger partial charge in [0.15, 0.2) is 0 Å². The van der Waals surface area contributed by atoms with E-state index in [9.17, 15) is 4.79 Å². The molecule has 0 atom stereocenters. The lowest BCUT2D eigenvalue weighted by molar-refractivity contribution is -0.130. The van der Waals surface area contributed by atoms with E-state index in [-0.39, 0.29) is 5.91 Å². The van der Waals surface area contributed by atoms with Crippen LogP contribution in [0.1, 0.15) is 25.2 Å². The molecule has 0 aliphatic carbocycles. The zero-order valence-corrected chi connectivity index (χ0v) is 9.66. The van der Waals surface area contributed by atoms with Crippen LogP contribution in [0.2, 0.25) is 0 Å². The maximum atomic E-state index is 11.5. The highest BCUT2D eigenvalue weighted by molar-refractivity contribution is 5.81. The van der Waals surface area contributed by atoms with Gasteiger partial charge in [-0.3, -0.25) is 10.2 Å². The Hall–Kier alpha value is -1.36. The number of nitrogens with zero attached hydrogens (tertiary/aromatic N) is 2. The van der Waals surface area contributed by atoms with Crippen molar-refractivity contribution in [3.63, 3.8) is 0 Å². The van der Waals surface area contributed by atoms with E-state index in [1.54, 1.807) is 6.33 Å². The lowest BCUT2D eigenvalue weighted by atomic mass is 9.92. The van der Waals surface area contributed by atoms with Gasteiger partial charge in [0.1, 0.15) is 0 Å². The van der Waals surface area contributed by atoms with Crippen molar-refractivity contribution in [1.29, 1.82) is 0 Å². The summed E-state index contributed by atoms with van der Waals surface area (Å²) in [4.78, 5) is 15.7. The van der Waals surface area contributed by atoms with Crippen molar-refractivity contribution in [2.24, 2.45) is 11.3 Å². The van der Waals surface area contributed by atoms with Gasteiger partial charge in [0.05, 0.1) is 17.4 Å². The molecule has 0 spiro atoms. The Labute approximate surface area is 89.6 Å². The van der Waals surface area contributed by atoms with Crippen LogP contribution >= 0.6 is 0 Å². The highest BCUT2D eigenvalue weighted by atomic mass is 16.2. The minimum atomic E-state index is -0.535. The van der Waals surface area contributed by atoms with E-state index in [0.29, 0.717) is 6.54 Å². The van der Waals surface area contributed by atoms with Crippen LogP contribution in [0.15, 0.2) is 6.33 Å². The van der Waals surface area contributed by atoms with Crippen LogP contribution in [0.4, 0.5) is 0 Å². The van der Waals surface area contributed by atoms with Gasteiger partial charge in [-0.25, -0.2) is 10.8 Å². The number of rotatable bonds is 3. The summed E-state index contributed by atoms with van der Waals surface area (Å²) in [6.07, 6.45) is 1.75. The van der Waals surface area contributed by atoms with Crippen LogP contribution in [0.3, 0.4) is 0 Å². The van der Waals surface area contributed by atoms with Crippen molar-refractivity contribution >= 4 is 5.91 Å². The number of imidazole rings is 1. The van der Waals surface area contributed by atoms with E-state index >= 15 is 0 Å². The molecule has 0 bridgehead atoms. The number of hydrogen-bond acceptors (Lipinski definition) is 3. The Kier molecular flexibility index (Phi) is 3.14. The van der Waals surface area contributed by atoms with Crippen LogP contribution in [0.5, 0.6) is 0 Å². The number of carbonyl (C=O) groups excluding carboxylic acids is 1. The first-order valence-corrected chi connectivity index (χ1v) is 4.88. The molecule has 0 radical (unpaired) electrons. The standard InChI is InChI=1S/C10H18N4O/c1-7-8(2)14(6-12-7)5-10(3,4)9(15)13-11/h6H,5,11H2,1-4H3,(H,13,15). The summed E-state index contributed by atoms with van der Waals surface area (Å²) in [6.45, 7) is 8.21. The van der Waals surface area contributed by atoms with E-state index in [1.165, 1.54) is 0 Å². The Balaban J connectivity index is 2.86. The van der Waals surface area contributed by atoms with Gasteiger partial charge < -0.3 is 4.57 Å². The largest absolute Gasteiger partial charge is 0.334 e. The van der Waals surface area contributed by atoms with E-state index < -0.39 is 5.41 Å². The number of aromatic nitrogens is 2.